The molecule has 9 nitrogen and oxygen atoms in total. The molecule has 180 valence electrons. The number of urea groups is 1. The maximum Gasteiger partial charge on any atom is 0.320 e. The maximum atomic E-state index is 13.2. The van der Waals surface area contributed by atoms with Crippen molar-refractivity contribution in [2.75, 3.05) is 30.8 Å². The molecule has 0 bridgehead atoms. The van der Waals surface area contributed by atoms with E-state index in [1.54, 1.807) is 30.6 Å². The number of hydrogen-bond acceptors (Lipinski definition) is 7. The average molecular weight is 468 g/mol. The number of hydrogen-bond donors (Lipinski definition) is 4. The zero-order chi connectivity index (χ0) is 24.1. The van der Waals surface area contributed by atoms with Crippen LogP contribution in [0, 0.1) is 18.2 Å². The lowest BCUT2D eigenvalue weighted by Crippen LogP contribution is -2.47. The summed E-state index contributed by atoms with van der Waals surface area (Å²) in [6.07, 6.45) is 4.17. The second kappa shape index (κ2) is 10.3. The highest BCUT2D eigenvalue weighted by atomic mass is 19.1. The SMILES string of the molecule is Cc1cc(Nc2cnc(NC(=O)N[C@H]3CN(C)C[C@@H]3Oc3ccc(F)cc3)cc2C=N)ccn1.[HH].[HH]. The Bertz CT molecular complexity index is 1180. The number of likely N-dealkylation sites (tertiary alicyclic amines) is 1. The predicted octanol–water partition coefficient (Wildman–Crippen LogP) is 4.04. The lowest BCUT2D eigenvalue weighted by Gasteiger charge is -2.21. The van der Waals surface area contributed by atoms with Crippen LogP contribution in [-0.2, 0) is 0 Å². The maximum absolute atomic E-state index is 13.2. The molecule has 0 unspecified atom stereocenters. The number of likely N-dealkylation sites (N-methyl/N-ethyl adjacent to an activating group) is 1. The number of carbonyl (C=O) groups excluding carboxylic acids is 1. The lowest BCUT2D eigenvalue weighted by atomic mass is 10.2. The minimum absolute atomic E-state index is 0. The van der Waals surface area contributed by atoms with Gasteiger partial charge in [0.25, 0.3) is 0 Å². The van der Waals surface area contributed by atoms with Gasteiger partial charge in [-0.2, -0.15) is 0 Å². The number of nitrogens with one attached hydrogen (secondary N) is 4. The van der Waals surface area contributed by atoms with E-state index in [9.17, 15) is 9.18 Å². The molecule has 0 radical (unpaired) electrons. The summed E-state index contributed by atoms with van der Waals surface area (Å²) in [7, 11) is 1.94. The molecule has 1 aromatic carbocycles. The third-order valence-corrected chi connectivity index (χ3v) is 5.38. The Morgan fingerprint density at radius 3 is 2.76 bits per heavy atom. The number of anilines is 3. The van der Waals surface area contributed by atoms with E-state index in [4.69, 9.17) is 10.1 Å². The number of aryl methyl sites for hydroxylation is 1. The average Bonchev–Trinajstić information content (AvgIpc) is 3.14. The summed E-state index contributed by atoms with van der Waals surface area (Å²) in [5.74, 6) is 0.521. The summed E-state index contributed by atoms with van der Waals surface area (Å²) in [5.41, 5.74) is 2.90. The molecule has 1 saturated heterocycles. The Morgan fingerprint density at radius 2 is 2.03 bits per heavy atom. The Hall–Kier alpha value is -4.05. The largest absolute Gasteiger partial charge is 0.487 e. The number of ether oxygens (including phenoxy) is 1. The standard InChI is InChI=1S/C24H26FN7O2.2H2/c1-15-9-18(7-8-27-15)29-20-12-28-23(10-16(20)11-26)31-24(33)30-21-13-32(2)14-22(21)34-19-5-3-17(25)4-6-19;;/h3-12,21-22,26H,13-14H2,1-2H3,(H,27,29)(H2,28,30,31,33);2*1H/t21-,22-;;/m0../s1. The number of carbonyl (C=O) groups is 1. The van der Waals surface area contributed by atoms with Gasteiger partial charge in [0.05, 0.1) is 17.9 Å². The summed E-state index contributed by atoms with van der Waals surface area (Å²) < 4.78 is 19.1. The van der Waals surface area contributed by atoms with Crippen LogP contribution < -0.4 is 20.7 Å². The van der Waals surface area contributed by atoms with Gasteiger partial charge in [-0.25, -0.2) is 14.2 Å². The van der Waals surface area contributed by atoms with Crippen molar-refractivity contribution in [2.45, 2.75) is 19.1 Å². The van der Waals surface area contributed by atoms with Gasteiger partial charge in [-0.15, -0.1) is 0 Å². The molecular formula is C24H30FN7O2. The van der Waals surface area contributed by atoms with Gasteiger partial charge in [0.2, 0.25) is 0 Å². The number of aromatic nitrogens is 2. The van der Waals surface area contributed by atoms with Crippen LogP contribution in [0.1, 0.15) is 14.1 Å². The van der Waals surface area contributed by atoms with Crippen molar-refractivity contribution in [3.05, 3.63) is 71.9 Å². The van der Waals surface area contributed by atoms with Gasteiger partial charge < -0.3 is 25.7 Å². The molecule has 0 aliphatic carbocycles. The fourth-order valence-corrected chi connectivity index (χ4v) is 3.77. The lowest BCUT2D eigenvalue weighted by molar-refractivity contribution is 0.182. The van der Waals surface area contributed by atoms with Crippen molar-refractivity contribution in [1.29, 1.82) is 5.41 Å². The Labute approximate surface area is 199 Å². The number of amides is 2. The van der Waals surface area contributed by atoms with Crippen LogP contribution in [0.3, 0.4) is 0 Å². The zero-order valence-corrected chi connectivity index (χ0v) is 18.9. The van der Waals surface area contributed by atoms with Crippen molar-refractivity contribution in [3.63, 3.8) is 0 Å². The monoisotopic (exact) mass is 467 g/mol. The first-order valence-corrected chi connectivity index (χ1v) is 10.8. The molecule has 2 atom stereocenters. The minimum Gasteiger partial charge on any atom is -0.487 e. The Kier molecular flexibility index (Phi) is 6.98. The second-order valence-corrected chi connectivity index (χ2v) is 8.15. The van der Waals surface area contributed by atoms with Crippen molar-refractivity contribution in [2.24, 2.45) is 0 Å². The smallest absolute Gasteiger partial charge is 0.320 e. The number of rotatable bonds is 7. The van der Waals surface area contributed by atoms with Crippen molar-refractivity contribution >= 4 is 29.4 Å². The molecule has 2 amide bonds. The molecule has 34 heavy (non-hydrogen) atoms. The minimum atomic E-state index is -0.429. The van der Waals surface area contributed by atoms with Gasteiger partial charge in [0, 0.05) is 45.3 Å². The number of pyridine rings is 2. The molecule has 1 aliphatic heterocycles. The van der Waals surface area contributed by atoms with E-state index >= 15 is 0 Å². The normalized spacial score (nSPS) is 17.7. The third-order valence-electron chi connectivity index (χ3n) is 5.38. The molecule has 4 rings (SSSR count). The van der Waals surface area contributed by atoms with Crippen LogP contribution in [-0.4, -0.2) is 59.4 Å². The molecule has 0 spiro atoms. The Balaban J connectivity index is 0.00000228. The van der Waals surface area contributed by atoms with Gasteiger partial charge in [-0.1, -0.05) is 0 Å². The number of halogens is 1. The van der Waals surface area contributed by atoms with Crippen LogP contribution in [0.25, 0.3) is 0 Å². The topological polar surface area (TPSA) is 115 Å². The van der Waals surface area contributed by atoms with Gasteiger partial charge in [0.1, 0.15) is 23.5 Å². The van der Waals surface area contributed by atoms with Crippen LogP contribution in [0.2, 0.25) is 0 Å². The van der Waals surface area contributed by atoms with Crippen LogP contribution in [0.4, 0.5) is 26.4 Å². The van der Waals surface area contributed by atoms with Gasteiger partial charge in [-0.3, -0.25) is 10.3 Å². The first kappa shape index (κ1) is 23.1. The number of benzene rings is 1. The van der Waals surface area contributed by atoms with E-state index in [0.29, 0.717) is 35.9 Å². The van der Waals surface area contributed by atoms with E-state index in [0.717, 1.165) is 11.4 Å². The Morgan fingerprint density at radius 1 is 1.24 bits per heavy atom. The fraction of sp³-hybridized carbons (Fsp3) is 0.250. The van der Waals surface area contributed by atoms with E-state index in [2.05, 4.69) is 25.9 Å². The summed E-state index contributed by atoms with van der Waals surface area (Å²) in [6, 6.07) is 10.4. The molecule has 3 aromatic rings. The van der Waals surface area contributed by atoms with Gasteiger partial charge >= 0.3 is 6.03 Å². The first-order valence-electron chi connectivity index (χ1n) is 10.8. The summed E-state index contributed by atoms with van der Waals surface area (Å²) in [5, 5.41) is 16.6. The summed E-state index contributed by atoms with van der Waals surface area (Å²) in [4.78, 5) is 23.2. The first-order chi connectivity index (χ1) is 16.4. The molecule has 0 saturated carbocycles. The third kappa shape index (κ3) is 5.84. The summed E-state index contributed by atoms with van der Waals surface area (Å²) in [6.45, 7) is 3.12. The highest BCUT2D eigenvalue weighted by Gasteiger charge is 2.34. The molecule has 10 heteroatoms. The molecular weight excluding hydrogens is 437 g/mol. The van der Waals surface area contributed by atoms with Gasteiger partial charge in [0.15, 0.2) is 0 Å². The van der Waals surface area contributed by atoms with Crippen molar-refractivity contribution in [1.82, 2.24) is 20.2 Å². The second-order valence-electron chi connectivity index (χ2n) is 8.15. The molecule has 1 fully saturated rings. The molecule has 2 aromatic heterocycles. The van der Waals surface area contributed by atoms with Crippen molar-refractivity contribution < 1.29 is 16.8 Å². The molecule has 4 N–H and O–H groups in total. The van der Waals surface area contributed by atoms with Crippen LogP contribution in [0.15, 0.2) is 54.9 Å². The molecule has 3 heterocycles. The van der Waals surface area contributed by atoms with E-state index in [1.807, 2.05) is 31.0 Å². The highest BCUT2D eigenvalue weighted by Crippen LogP contribution is 2.22. The predicted molar refractivity (Wildman–Crippen MR) is 133 cm³/mol. The summed E-state index contributed by atoms with van der Waals surface area (Å²) >= 11 is 0. The van der Waals surface area contributed by atoms with Crippen LogP contribution in [0.5, 0.6) is 5.75 Å². The van der Waals surface area contributed by atoms with Gasteiger partial charge in [-0.05, 0) is 56.4 Å². The number of nitrogens with zero attached hydrogens (tertiary/aromatic N) is 3. The van der Waals surface area contributed by atoms with E-state index < -0.39 is 6.03 Å². The van der Waals surface area contributed by atoms with E-state index in [1.165, 1.54) is 18.3 Å². The van der Waals surface area contributed by atoms with E-state index in [-0.39, 0.29) is 20.8 Å². The van der Waals surface area contributed by atoms with Crippen LogP contribution >= 0.6 is 0 Å². The molecule has 1 aliphatic rings. The fourth-order valence-electron chi connectivity index (χ4n) is 3.77. The van der Waals surface area contributed by atoms with Crippen molar-refractivity contribution in [3.8, 4) is 5.75 Å². The highest BCUT2D eigenvalue weighted by molar-refractivity contribution is 5.92. The zero-order valence-electron chi connectivity index (χ0n) is 18.9. The quantitative estimate of drug-likeness (QED) is 0.390.